The summed E-state index contributed by atoms with van der Waals surface area (Å²) in [4.78, 5) is 36.4. The van der Waals surface area contributed by atoms with Crippen molar-refractivity contribution in [3.8, 4) is 0 Å². The van der Waals surface area contributed by atoms with E-state index in [-0.39, 0.29) is 12.6 Å². The number of imide groups is 2. The van der Waals surface area contributed by atoms with Crippen LogP contribution < -0.4 is 5.32 Å². The molecule has 0 aliphatic carbocycles. The van der Waals surface area contributed by atoms with Crippen molar-refractivity contribution in [2.24, 2.45) is 0 Å². The quantitative estimate of drug-likeness (QED) is 0.454. The zero-order valence-electron chi connectivity index (χ0n) is 8.93. The first-order valence-corrected chi connectivity index (χ1v) is 5.05. The van der Waals surface area contributed by atoms with Gasteiger partial charge in [0.15, 0.2) is 0 Å². The van der Waals surface area contributed by atoms with Gasteiger partial charge in [-0.1, -0.05) is 0 Å². The number of urea groups is 1. The van der Waals surface area contributed by atoms with E-state index in [0.29, 0.717) is 13.2 Å². The van der Waals surface area contributed by atoms with E-state index in [1.165, 1.54) is 0 Å². The highest BCUT2D eigenvalue weighted by atomic mass is 16.5. The molecule has 0 aromatic carbocycles. The van der Waals surface area contributed by atoms with Gasteiger partial charge in [-0.25, -0.2) is 4.79 Å². The van der Waals surface area contributed by atoms with Crippen molar-refractivity contribution in [3.05, 3.63) is 0 Å². The lowest BCUT2D eigenvalue weighted by Gasteiger charge is -2.31. The Morgan fingerprint density at radius 1 is 1.44 bits per heavy atom. The van der Waals surface area contributed by atoms with Crippen LogP contribution in [-0.4, -0.2) is 67.0 Å². The Kier molecular flexibility index (Phi) is 2.88. The number of nitrogens with zero attached hydrogens (tertiary/aromatic N) is 2. The molecule has 1 unspecified atom stereocenters. The minimum Gasteiger partial charge on any atom is -0.374 e. The van der Waals surface area contributed by atoms with Crippen molar-refractivity contribution < 1.29 is 19.1 Å². The highest BCUT2D eigenvalue weighted by Gasteiger charge is 2.38. The predicted molar refractivity (Wildman–Crippen MR) is 52.5 cm³/mol. The molecule has 1 N–H and O–H groups in total. The van der Waals surface area contributed by atoms with Crippen LogP contribution in [0.3, 0.4) is 0 Å². The molecule has 2 saturated heterocycles. The minimum absolute atomic E-state index is 0.126. The van der Waals surface area contributed by atoms with Crippen LogP contribution in [-0.2, 0) is 14.3 Å². The third-order valence-electron chi connectivity index (χ3n) is 2.63. The smallest absolute Gasteiger partial charge is 0.331 e. The van der Waals surface area contributed by atoms with E-state index >= 15 is 0 Å². The minimum atomic E-state index is -0.867. The van der Waals surface area contributed by atoms with Crippen molar-refractivity contribution in [3.63, 3.8) is 0 Å². The molecule has 2 aliphatic heterocycles. The Balaban J connectivity index is 1.96. The van der Waals surface area contributed by atoms with Crippen LogP contribution in [0.1, 0.15) is 0 Å². The molecule has 0 saturated carbocycles. The summed E-state index contributed by atoms with van der Waals surface area (Å²) in [7, 11) is 1.94. The number of rotatable bonds is 2. The molecule has 0 radical (unpaired) electrons. The number of hydrogen-bond acceptors (Lipinski definition) is 5. The first-order chi connectivity index (χ1) is 7.58. The van der Waals surface area contributed by atoms with E-state index in [1.807, 2.05) is 12.4 Å². The number of carbonyl (C=O) groups excluding carboxylic acids is 3. The van der Waals surface area contributed by atoms with Gasteiger partial charge >= 0.3 is 17.8 Å². The zero-order chi connectivity index (χ0) is 11.7. The second-order valence-electron chi connectivity index (χ2n) is 3.93. The van der Waals surface area contributed by atoms with Crippen molar-refractivity contribution in [2.75, 3.05) is 33.3 Å². The van der Waals surface area contributed by atoms with Crippen molar-refractivity contribution >= 4 is 17.8 Å². The van der Waals surface area contributed by atoms with Crippen molar-refractivity contribution in [1.82, 2.24) is 15.1 Å². The second kappa shape index (κ2) is 4.18. The lowest BCUT2D eigenvalue weighted by Crippen LogP contribution is -2.47. The first kappa shape index (κ1) is 11.0. The van der Waals surface area contributed by atoms with Crippen LogP contribution in [0.5, 0.6) is 0 Å². The Hall–Kier alpha value is -1.47. The number of hydrogen-bond donors (Lipinski definition) is 1. The van der Waals surface area contributed by atoms with Gasteiger partial charge in [-0.15, -0.1) is 0 Å². The molecule has 7 nitrogen and oxygen atoms in total. The number of carbonyl (C=O) groups is 3. The zero-order valence-corrected chi connectivity index (χ0v) is 8.93. The number of likely N-dealkylation sites (N-methyl/N-ethyl adjacent to an activating group) is 1. The molecule has 4 amide bonds. The second-order valence-corrected chi connectivity index (χ2v) is 3.93. The molecule has 0 spiro atoms. The molecule has 16 heavy (non-hydrogen) atoms. The van der Waals surface area contributed by atoms with Crippen molar-refractivity contribution in [1.29, 1.82) is 0 Å². The molecule has 2 heterocycles. The number of ether oxygens (including phenoxy) is 1. The molecule has 7 heteroatoms. The maximum absolute atomic E-state index is 11.3. The van der Waals surface area contributed by atoms with E-state index in [4.69, 9.17) is 4.74 Å². The Labute approximate surface area is 92.3 Å². The number of nitrogens with one attached hydrogen (secondary N) is 1. The van der Waals surface area contributed by atoms with Gasteiger partial charge in [-0.2, -0.15) is 0 Å². The van der Waals surface area contributed by atoms with Crippen LogP contribution in [0.25, 0.3) is 0 Å². The monoisotopic (exact) mass is 227 g/mol. The lowest BCUT2D eigenvalue weighted by atomic mass is 10.2. The van der Waals surface area contributed by atoms with E-state index in [1.54, 1.807) is 0 Å². The van der Waals surface area contributed by atoms with Gasteiger partial charge in [0.2, 0.25) is 0 Å². The summed E-state index contributed by atoms with van der Waals surface area (Å²) >= 11 is 0. The molecule has 0 aromatic rings. The summed E-state index contributed by atoms with van der Waals surface area (Å²) in [5.41, 5.74) is 0. The van der Waals surface area contributed by atoms with Crippen LogP contribution in [0, 0.1) is 0 Å². The van der Waals surface area contributed by atoms with Gasteiger partial charge in [0.25, 0.3) is 0 Å². The first-order valence-electron chi connectivity index (χ1n) is 5.05. The summed E-state index contributed by atoms with van der Waals surface area (Å²) in [5, 5.41) is 1.95. The van der Waals surface area contributed by atoms with Crippen molar-refractivity contribution in [2.45, 2.75) is 6.10 Å². The van der Waals surface area contributed by atoms with Crippen LogP contribution in [0.2, 0.25) is 0 Å². The van der Waals surface area contributed by atoms with Gasteiger partial charge in [0.1, 0.15) is 0 Å². The molecular formula is C9H13N3O4. The largest absolute Gasteiger partial charge is 0.374 e. The summed E-state index contributed by atoms with van der Waals surface area (Å²) < 4.78 is 5.42. The molecule has 88 valence electrons. The molecule has 2 rings (SSSR count). The Morgan fingerprint density at radius 2 is 2.19 bits per heavy atom. The van der Waals surface area contributed by atoms with E-state index < -0.39 is 17.8 Å². The lowest BCUT2D eigenvalue weighted by molar-refractivity contribution is -0.141. The van der Waals surface area contributed by atoms with Gasteiger partial charge < -0.3 is 9.64 Å². The number of morpholine rings is 1. The topological polar surface area (TPSA) is 79.0 Å². The average Bonchev–Trinajstić information content (AvgIpc) is 2.45. The number of amides is 4. The standard InChI is InChI=1S/C9H13N3O4/c1-11-2-3-16-6(4-11)5-12-8(14)7(13)10-9(12)15/h6H,2-5H2,1H3,(H,10,13,15). The van der Waals surface area contributed by atoms with E-state index in [9.17, 15) is 14.4 Å². The average molecular weight is 227 g/mol. The van der Waals surface area contributed by atoms with Gasteiger partial charge in [0.05, 0.1) is 19.3 Å². The summed E-state index contributed by atoms with van der Waals surface area (Å²) in [6.07, 6.45) is -0.223. The van der Waals surface area contributed by atoms with Crippen LogP contribution >= 0.6 is 0 Å². The third-order valence-corrected chi connectivity index (χ3v) is 2.63. The maximum atomic E-state index is 11.3. The molecule has 2 aliphatic rings. The SMILES string of the molecule is CN1CCOC(CN2C(=O)NC(=O)C2=O)C1. The molecule has 0 bridgehead atoms. The molecule has 1 atom stereocenters. The highest BCUT2D eigenvalue weighted by Crippen LogP contribution is 2.08. The Morgan fingerprint density at radius 3 is 2.75 bits per heavy atom. The van der Waals surface area contributed by atoms with Gasteiger partial charge in [0, 0.05) is 13.1 Å². The fourth-order valence-electron chi connectivity index (χ4n) is 1.78. The van der Waals surface area contributed by atoms with Crippen LogP contribution in [0.15, 0.2) is 0 Å². The Bertz CT molecular complexity index is 344. The molecule has 2 fully saturated rings. The summed E-state index contributed by atoms with van der Waals surface area (Å²) in [6.45, 7) is 2.17. The van der Waals surface area contributed by atoms with Gasteiger partial charge in [-0.3, -0.25) is 19.8 Å². The van der Waals surface area contributed by atoms with E-state index in [2.05, 4.69) is 4.90 Å². The fraction of sp³-hybridized carbons (Fsp3) is 0.667. The predicted octanol–water partition coefficient (Wildman–Crippen LogP) is -1.60. The summed E-state index contributed by atoms with van der Waals surface area (Å²) in [5.74, 6) is -1.67. The third kappa shape index (κ3) is 2.05. The molecular weight excluding hydrogens is 214 g/mol. The normalized spacial score (nSPS) is 27.4. The van der Waals surface area contributed by atoms with Gasteiger partial charge in [-0.05, 0) is 7.05 Å². The maximum Gasteiger partial charge on any atom is 0.331 e. The van der Waals surface area contributed by atoms with E-state index in [0.717, 1.165) is 11.4 Å². The summed E-state index contributed by atoms with van der Waals surface area (Å²) in [6, 6.07) is -0.660. The molecule has 0 aromatic heterocycles. The van der Waals surface area contributed by atoms with Crippen LogP contribution in [0.4, 0.5) is 4.79 Å². The fourth-order valence-corrected chi connectivity index (χ4v) is 1.78. The highest BCUT2D eigenvalue weighted by molar-refractivity contribution is 6.44.